The van der Waals surface area contributed by atoms with Gasteiger partial charge in [-0.15, -0.1) is 0 Å². The molecule has 1 aliphatic carbocycles. The van der Waals surface area contributed by atoms with Crippen LogP contribution in [0.25, 0.3) is 28.3 Å². The SMILES string of the molecule is CC1(C)Cc2c(cnn2-c2ccc(Br)cc2)-c2nc(-c3ccc([N+](=O)[O-])cc3)[nH]c21. The minimum Gasteiger partial charge on any atom is -0.341 e. The lowest BCUT2D eigenvalue weighted by Crippen LogP contribution is -2.27. The summed E-state index contributed by atoms with van der Waals surface area (Å²) in [6, 6.07) is 14.5. The average Bonchev–Trinajstić information content (AvgIpc) is 3.33. The molecular formula is C22H18BrN5O2. The van der Waals surface area contributed by atoms with Crippen LogP contribution in [0.4, 0.5) is 5.69 Å². The van der Waals surface area contributed by atoms with Gasteiger partial charge in [-0.1, -0.05) is 29.8 Å². The van der Waals surface area contributed by atoms with Crippen LogP contribution >= 0.6 is 15.9 Å². The van der Waals surface area contributed by atoms with Crippen LogP contribution in [-0.2, 0) is 11.8 Å². The Hall–Kier alpha value is -3.26. The van der Waals surface area contributed by atoms with Gasteiger partial charge in [0.1, 0.15) is 5.82 Å². The van der Waals surface area contributed by atoms with Crippen molar-refractivity contribution in [3.63, 3.8) is 0 Å². The topological polar surface area (TPSA) is 89.6 Å². The summed E-state index contributed by atoms with van der Waals surface area (Å²) in [7, 11) is 0. The summed E-state index contributed by atoms with van der Waals surface area (Å²) < 4.78 is 3.00. The third-order valence-electron chi connectivity index (χ3n) is 5.54. The van der Waals surface area contributed by atoms with Crippen LogP contribution in [0.2, 0.25) is 0 Å². The first kappa shape index (κ1) is 18.7. The first-order valence-corrected chi connectivity index (χ1v) is 10.3. The number of nitro groups is 1. The van der Waals surface area contributed by atoms with Crippen LogP contribution < -0.4 is 0 Å². The van der Waals surface area contributed by atoms with E-state index in [2.05, 4.69) is 39.9 Å². The normalized spacial score (nSPS) is 14.2. The number of aromatic nitrogens is 4. The summed E-state index contributed by atoms with van der Waals surface area (Å²) in [5, 5.41) is 15.6. The number of rotatable bonds is 3. The van der Waals surface area contributed by atoms with Gasteiger partial charge in [0.25, 0.3) is 5.69 Å². The van der Waals surface area contributed by atoms with E-state index in [1.165, 1.54) is 12.1 Å². The molecule has 0 fully saturated rings. The summed E-state index contributed by atoms with van der Waals surface area (Å²) in [6.07, 6.45) is 2.68. The minimum absolute atomic E-state index is 0.0634. The Morgan fingerprint density at radius 1 is 1.13 bits per heavy atom. The molecule has 8 heteroatoms. The lowest BCUT2D eigenvalue weighted by molar-refractivity contribution is -0.384. The standard InChI is InChI=1S/C22H18BrN5O2/c1-22(2)11-18-17(12-24-27(18)15-9-5-14(23)6-10-15)19-20(22)26-21(25-19)13-3-7-16(8-4-13)28(29)30/h3-10,12H,11H2,1-2H3,(H,25,26). The third kappa shape index (κ3) is 2.95. The second-order valence-corrected chi connectivity index (χ2v) is 8.98. The average molecular weight is 464 g/mol. The number of non-ortho nitro benzene ring substituents is 1. The van der Waals surface area contributed by atoms with Crippen LogP contribution in [0.5, 0.6) is 0 Å². The van der Waals surface area contributed by atoms with Crippen molar-refractivity contribution in [2.75, 3.05) is 0 Å². The van der Waals surface area contributed by atoms with Gasteiger partial charge >= 0.3 is 0 Å². The highest BCUT2D eigenvalue weighted by atomic mass is 79.9. The summed E-state index contributed by atoms with van der Waals surface area (Å²) in [6.45, 7) is 4.37. The van der Waals surface area contributed by atoms with Gasteiger partial charge in [-0.3, -0.25) is 10.1 Å². The number of hydrogen-bond donors (Lipinski definition) is 1. The van der Waals surface area contributed by atoms with Crippen molar-refractivity contribution in [1.29, 1.82) is 0 Å². The molecule has 2 heterocycles. The molecule has 2 aromatic heterocycles. The highest BCUT2D eigenvalue weighted by Gasteiger charge is 2.37. The molecule has 5 rings (SSSR count). The fourth-order valence-electron chi connectivity index (χ4n) is 3.99. The minimum atomic E-state index is -0.400. The van der Waals surface area contributed by atoms with Crippen molar-refractivity contribution in [3.05, 3.63) is 80.7 Å². The Balaban J connectivity index is 1.61. The molecule has 0 aliphatic heterocycles. The smallest absolute Gasteiger partial charge is 0.269 e. The molecule has 4 aromatic rings. The van der Waals surface area contributed by atoms with E-state index >= 15 is 0 Å². The van der Waals surface area contributed by atoms with Gasteiger partial charge in [-0.05, 0) is 36.4 Å². The number of nitrogens with zero attached hydrogens (tertiary/aromatic N) is 4. The Labute approximate surface area is 181 Å². The second-order valence-electron chi connectivity index (χ2n) is 8.07. The molecule has 1 N–H and O–H groups in total. The Kier molecular flexibility index (Phi) is 4.14. The molecule has 0 saturated heterocycles. The van der Waals surface area contributed by atoms with Crippen LogP contribution in [-0.4, -0.2) is 24.7 Å². The molecule has 0 saturated carbocycles. The van der Waals surface area contributed by atoms with Crippen LogP contribution in [0.1, 0.15) is 25.2 Å². The van der Waals surface area contributed by atoms with Crippen molar-refractivity contribution in [2.24, 2.45) is 0 Å². The Bertz CT molecular complexity index is 1270. The van der Waals surface area contributed by atoms with Gasteiger partial charge in [0.15, 0.2) is 0 Å². The number of benzene rings is 2. The van der Waals surface area contributed by atoms with E-state index in [1.807, 2.05) is 35.1 Å². The maximum atomic E-state index is 10.9. The van der Waals surface area contributed by atoms with E-state index in [1.54, 1.807) is 12.1 Å². The molecular weight excluding hydrogens is 446 g/mol. The van der Waals surface area contributed by atoms with E-state index in [0.29, 0.717) is 5.82 Å². The number of halogens is 1. The van der Waals surface area contributed by atoms with E-state index < -0.39 is 4.92 Å². The molecule has 0 bridgehead atoms. The zero-order valence-electron chi connectivity index (χ0n) is 16.4. The van der Waals surface area contributed by atoms with Gasteiger partial charge in [-0.25, -0.2) is 9.67 Å². The number of H-pyrrole nitrogens is 1. The molecule has 1 aliphatic rings. The van der Waals surface area contributed by atoms with Gasteiger partial charge in [0.05, 0.1) is 28.2 Å². The number of fused-ring (bicyclic) bond motifs is 3. The number of nitro benzene ring substituents is 1. The van der Waals surface area contributed by atoms with Crippen LogP contribution in [0, 0.1) is 10.1 Å². The van der Waals surface area contributed by atoms with E-state index in [0.717, 1.165) is 44.8 Å². The summed E-state index contributed by atoms with van der Waals surface area (Å²) in [5.74, 6) is 0.701. The van der Waals surface area contributed by atoms with Crippen molar-refractivity contribution < 1.29 is 4.92 Å². The number of imidazole rings is 1. The maximum Gasteiger partial charge on any atom is 0.269 e. The quantitative estimate of drug-likeness (QED) is 0.323. The largest absolute Gasteiger partial charge is 0.341 e. The summed E-state index contributed by atoms with van der Waals surface area (Å²) in [4.78, 5) is 18.9. The first-order chi connectivity index (χ1) is 14.3. The van der Waals surface area contributed by atoms with Gasteiger partial charge in [0, 0.05) is 45.3 Å². The van der Waals surface area contributed by atoms with Crippen molar-refractivity contribution in [1.82, 2.24) is 19.7 Å². The van der Waals surface area contributed by atoms with Crippen molar-refractivity contribution in [2.45, 2.75) is 25.7 Å². The van der Waals surface area contributed by atoms with Crippen LogP contribution in [0.3, 0.4) is 0 Å². The molecule has 0 spiro atoms. The van der Waals surface area contributed by atoms with E-state index in [-0.39, 0.29) is 11.1 Å². The van der Waals surface area contributed by atoms with E-state index in [4.69, 9.17) is 4.98 Å². The molecule has 0 atom stereocenters. The zero-order valence-corrected chi connectivity index (χ0v) is 18.0. The molecule has 7 nitrogen and oxygen atoms in total. The maximum absolute atomic E-state index is 10.9. The molecule has 150 valence electrons. The lowest BCUT2D eigenvalue weighted by Gasteiger charge is -2.29. The Morgan fingerprint density at radius 2 is 1.83 bits per heavy atom. The fraction of sp³-hybridized carbons (Fsp3) is 0.182. The molecule has 30 heavy (non-hydrogen) atoms. The second kappa shape index (κ2) is 6.63. The number of nitrogens with one attached hydrogen (secondary N) is 1. The zero-order chi connectivity index (χ0) is 21.0. The summed E-state index contributed by atoms with van der Waals surface area (Å²) >= 11 is 3.48. The number of aromatic amines is 1. The highest BCUT2D eigenvalue weighted by Crippen LogP contribution is 2.43. The predicted octanol–water partition coefficient (Wildman–Crippen LogP) is 5.43. The van der Waals surface area contributed by atoms with E-state index in [9.17, 15) is 10.1 Å². The van der Waals surface area contributed by atoms with Gasteiger partial charge < -0.3 is 4.98 Å². The molecule has 0 amide bonds. The van der Waals surface area contributed by atoms with Gasteiger partial charge in [-0.2, -0.15) is 5.10 Å². The molecule has 2 aromatic carbocycles. The fourth-order valence-corrected chi connectivity index (χ4v) is 4.25. The van der Waals surface area contributed by atoms with Crippen molar-refractivity contribution in [3.8, 4) is 28.3 Å². The Morgan fingerprint density at radius 3 is 2.50 bits per heavy atom. The monoisotopic (exact) mass is 463 g/mol. The summed E-state index contributed by atoms with van der Waals surface area (Å²) in [5.41, 5.74) is 5.79. The third-order valence-corrected chi connectivity index (χ3v) is 6.07. The number of hydrogen-bond acceptors (Lipinski definition) is 4. The first-order valence-electron chi connectivity index (χ1n) is 9.52. The highest BCUT2D eigenvalue weighted by molar-refractivity contribution is 9.10. The predicted molar refractivity (Wildman–Crippen MR) is 118 cm³/mol. The van der Waals surface area contributed by atoms with Gasteiger partial charge in [0.2, 0.25) is 0 Å². The lowest BCUT2D eigenvalue weighted by atomic mass is 9.77. The van der Waals surface area contributed by atoms with Crippen molar-refractivity contribution >= 4 is 21.6 Å². The molecule has 0 unspecified atom stereocenters. The van der Waals surface area contributed by atoms with Crippen LogP contribution in [0.15, 0.2) is 59.2 Å². The molecule has 0 radical (unpaired) electrons.